The summed E-state index contributed by atoms with van der Waals surface area (Å²) in [6, 6.07) is 27.4. The van der Waals surface area contributed by atoms with E-state index in [1.54, 1.807) is 42.5 Å². The van der Waals surface area contributed by atoms with Crippen molar-refractivity contribution in [3.05, 3.63) is 150 Å². The third kappa shape index (κ3) is 18.1. The van der Waals surface area contributed by atoms with Crippen molar-refractivity contribution in [3.8, 4) is 0 Å². The molecule has 0 spiro atoms. The number of morpholine rings is 1. The second-order valence-corrected chi connectivity index (χ2v) is 21.3. The summed E-state index contributed by atoms with van der Waals surface area (Å²) in [7, 11) is 3.97. The maximum atomic E-state index is 11.9. The number of anilines is 4. The van der Waals surface area contributed by atoms with E-state index in [0.717, 1.165) is 80.3 Å². The van der Waals surface area contributed by atoms with Crippen LogP contribution in [-0.2, 0) is 4.74 Å². The first-order chi connectivity index (χ1) is 41.3. The predicted octanol–water partition coefficient (Wildman–Crippen LogP) is 3.71. The third-order valence-electron chi connectivity index (χ3n) is 13.6. The van der Waals surface area contributed by atoms with Crippen LogP contribution in [-0.4, -0.2) is 158 Å². The molecule has 28 nitrogen and oxygen atoms in total. The van der Waals surface area contributed by atoms with Crippen molar-refractivity contribution >= 4 is 90.6 Å². The minimum atomic E-state index is -0.0358. The van der Waals surface area contributed by atoms with E-state index in [4.69, 9.17) is 22.1 Å². The van der Waals surface area contributed by atoms with E-state index in [2.05, 4.69) is 76.2 Å². The molecule has 29 heteroatoms. The molecule has 5 aromatic heterocycles. The normalized spacial score (nSPS) is 13.5. The molecule has 12 rings (SSSR count). The molecule has 0 unspecified atom stereocenters. The number of rotatable bonds is 12. The summed E-state index contributed by atoms with van der Waals surface area (Å²) in [5.41, 5.74) is 15.8. The molecule has 0 radical (unpaired) electrons. The Balaban J connectivity index is 0.000000142. The lowest BCUT2D eigenvalue weighted by Crippen LogP contribution is -2.39. The van der Waals surface area contributed by atoms with Gasteiger partial charge in [0.2, 0.25) is 0 Å². The van der Waals surface area contributed by atoms with Crippen LogP contribution < -0.4 is 45.9 Å². The molecule has 5 N–H and O–H groups in total. The first kappa shape index (κ1) is 62.8. The number of ether oxygens (including phenoxy) is 1. The molecular formula is C57H71ClN22O6. The summed E-state index contributed by atoms with van der Waals surface area (Å²) >= 11 is 5.52. The van der Waals surface area contributed by atoms with Gasteiger partial charge in [-0.1, -0.05) is 36.8 Å². The lowest BCUT2D eigenvalue weighted by atomic mass is 10.1. The average molecular weight is 1200 g/mol. The summed E-state index contributed by atoms with van der Waals surface area (Å²) in [5.74, 6) is 1.13. The Morgan fingerprint density at radius 1 is 0.465 bits per heavy atom. The zero-order valence-corrected chi connectivity index (χ0v) is 50.0. The second kappa shape index (κ2) is 30.0. The number of hydrogen-bond acceptors (Lipinski definition) is 23. The average Bonchev–Trinajstić information content (AvgIpc) is 2.12. The van der Waals surface area contributed by atoms with Gasteiger partial charge >= 0.3 is 0 Å². The number of halogens is 1. The fourth-order valence-electron chi connectivity index (χ4n) is 9.05. The number of aryl methyl sites for hydroxylation is 5. The smallest absolute Gasteiger partial charge is 0.290 e. The number of nitrogen functional groups attached to an aromatic ring is 1. The molecule has 10 aromatic rings. The van der Waals surface area contributed by atoms with Crippen LogP contribution >= 0.6 is 11.6 Å². The highest BCUT2D eigenvalue weighted by Crippen LogP contribution is 2.16. The van der Waals surface area contributed by atoms with E-state index in [0.29, 0.717) is 110 Å². The Hall–Kier alpha value is -9.22. The summed E-state index contributed by atoms with van der Waals surface area (Å²) in [4.78, 5) is 30.6. The highest BCUT2D eigenvalue weighted by Gasteiger charge is 2.17. The fourth-order valence-corrected chi connectivity index (χ4v) is 9.21. The van der Waals surface area contributed by atoms with Crippen molar-refractivity contribution in [1.82, 2.24) is 65.1 Å². The Morgan fingerprint density at radius 3 is 1.20 bits per heavy atom. The predicted molar refractivity (Wildman–Crippen MR) is 327 cm³/mol. The van der Waals surface area contributed by atoms with Crippen LogP contribution in [0, 0.1) is 60.7 Å². The molecule has 452 valence electrons. The molecule has 0 atom stereocenters. The molecule has 86 heavy (non-hydrogen) atoms. The molecule has 2 fully saturated rings. The van der Waals surface area contributed by atoms with Crippen LogP contribution in [0.1, 0.15) is 47.1 Å². The van der Waals surface area contributed by atoms with Crippen molar-refractivity contribution in [2.45, 2.75) is 53.9 Å². The first-order valence-corrected chi connectivity index (χ1v) is 28.4. The van der Waals surface area contributed by atoms with Gasteiger partial charge in [-0.05, 0) is 169 Å². The van der Waals surface area contributed by atoms with Crippen molar-refractivity contribution in [1.29, 1.82) is 0 Å². The van der Waals surface area contributed by atoms with Gasteiger partial charge in [0.1, 0.15) is 27.6 Å². The zero-order valence-electron chi connectivity index (χ0n) is 49.2. The van der Waals surface area contributed by atoms with E-state index in [-0.39, 0.29) is 11.2 Å². The minimum absolute atomic E-state index is 0.00801. The summed E-state index contributed by atoms with van der Waals surface area (Å²) in [5, 5.41) is 86.0. The number of aromatic nitrogens is 15. The molecular weight excluding hydrogens is 1120 g/mol. The largest absolute Gasteiger partial charge is 0.594 e. The lowest BCUT2D eigenvalue weighted by Gasteiger charge is -2.26. The maximum absolute atomic E-state index is 11.9. The molecule has 0 saturated carbocycles. The summed E-state index contributed by atoms with van der Waals surface area (Å²) in [6.07, 6.45) is 3.91. The number of likely N-dealkylation sites (N-methyl/N-ethyl adjacent to an activating group) is 1. The number of nitrogens with two attached hydrogens (primary N) is 1. The van der Waals surface area contributed by atoms with Gasteiger partial charge in [0.25, 0.3) is 56.7 Å². The van der Waals surface area contributed by atoms with Gasteiger partial charge in [-0.15, -0.1) is 0 Å². The van der Waals surface area contributed by atoms with Crippen molar-refractivity contribution in [2.75, 3.05) is 114 Å². The molecule has 7 heterocycles. The topological polar surface area (TPSA) is 345 Å². The van der Waals surface area contributed by atoms with Crippen molar-refractivity contribution < 1.29 is 29.0 Å². The van der Waals surface area contributed by atoms with Crippen molar-refractivity contribution in [2.24, 2.45) is 0 Å². The summed E-state index contributed by atoms with van der Waals surface area (Å²) < 4.78 is 5.31. The molecule has 2 aliphatic rings. The molecule has 0 amide bonds. The monoisotopic (exact) mass is 1190 g/mol. The third-order valence-corrected chi connectivity index (χ3v) is 13.7. The van der Waals surface area contributed by atoms with Crippen LogP contribution in [0.5, 0.6) is 0 Å². The number of nitrogens with zero attached hydrogens (tertiary/aromatic N) is 18. The molecule has 0 bridgehead atoms. The van der Waals surface area contributed by atoms with E-state index in [1.165, 1.54) is 32.4 Å². The number of nitrogens with one attached hydrogen (secondary N) is 3. The van der Waals surface area contributed by atoms with Crippen molar-refractivity contribution in [3.63, 3.8) is 0 Å². The van der Waals surface area contributed by atoms with E-state index in [1.807, 2.05) is 102 Å². The molecule has 2 aliphatic heterocycles. The minimum Gasteiger partial charge on any atom is -0.594 e. The second-order valence-electron chi connectivity index (χ2n) is 20.9. The van der Waals surface area contributed by atoms with Crippen LogP contribution in [0.15, 0.2) is 91.0 Å². The number of fused-ring (bicyclic) bond motifs is 5. The Labute approximate surface area is 501 Å². The highest BCUT2D eigenvalue weighted by atomic mass is 35.5. The van der Waals surface area contributed by atoms with Gasteiger partial charge in [0, 0.05) is 87.8 Å². The lowest BCUT2D eigenvalue weighted by molar-refractivity contribution is -0.643. The van der Waals surface area contributed by atoms with Crippen LogP contribution in [0.4, 0.5) is 23.8 Å². The summed E-state index contributed by atoms with van der Waals surface area (Å²) in [6.45, 7) is 20.3. The van der Waals surface area contributed by atoms with Gasteiger partial charge in [-0.3, -0.25) is 4.90 Å². The number of benzene rings is 5. The van der Waals surface area contributed by atoms with E-state index in [9.17, 15) is 26.0 Å². The van der Waals surface area contributed by atoms with E-state index < -0.39 is 0 Å². The Morgan fingerprint density at radius 2 is 0.802 bits per heavy atom. The zero-order chi connectivity index (χ0) is 61.3. The van der Waals surface area contributed by atoms with Gasteiger partial charge in [0.15, 0.2) is 0 Å². The number of piperidine rings is 1. The van der Waals surface area contributed by atoms with Gasteiger partial charge in [0.05, 0.1) is 33.6 Å². The maximum Gasteiger partial charge on any atom is 0.290 e. The SMILES string of the molecule is Cc1ccc2nc(Cl)n[n+]([O-])c2c1.Cc1ccc2nc(N)n[n+]([O-])c2c1.Cc1ccc2nc(NCCN(C)C)n[n+]([O-])c2c1.Cc1ccc2nc(NCCN3CCCCC3)n[n+]([O-])c2c1.Cc1ccc2nc(NCCN3CCOCC3)n[n+]([O-])c2c1. The molecule has 5 aromatic carbocycles. The molecule has 0 aliphatic carbocycles. The van der Waals surface area contributed by atoms with Crippen LogP contribution in [0.25, 0.3) is 55.2 Å². The van der Waals surface area contributed by atoms with Crippen LogP contribution in [0.2, 0.25) is 5.28 Å². The standard InChI is InChI=1S/C15H21N5O.C14H19N5O2.C12H17N5O.C8H6ClN3O.C8H8N4O/c1-12-5-6-13-14(11-12)20(21)18-15(17-13)16-7-10-19-8-3-2-4-9-19;1-11-2-3-12-13(10-11)19(20)17-14(16-12)15-4-5-18-6-8-21-9-7-18;1-9-4-5-10-11(8-9)17(18)15-12(14-10)13-6-7-16(2)3;2*1-5-2-3-6-7(4-5)12(13)11-8(9)10-6/h5-6,11H,2-4,7-10H2,1H3,(H,16,17,18);2-3,10H,4-9H2,1H3,(H,15,16,17);4-5,8H,6-7H2,1-3H3,(H,13,14,15);2-4H,1H3;2-4H,1H3,(H2,9,10,11). The highest BCUT2D eigenvalue weighted by molar-refractivity contribution is 6.28. The van der Waals surface area contributed by atoms with Gasteiger partial charge in [-0.2, -0.15) is 0 Å². The Bertz CT molecular complexity index is 3710. The quantitative estimate of drug-likeness (QED) is 0.100. The fraction of sp³-hybridized carbons (Fsp3) is 0.386. The Kier molecular flexibility index (Phi) is 21.9. The number of hydrogen-bond donors (Lipinski definition) is 4. The van der Waals surface area contributed by atoms with E-state index >= 15 is 0 Å². The van der Waals surface area contributed by atoms with Gasteiger partial charge in [-0.25, -0.2) is 24.9 Å². The van der Waals surface area contributed by atoms with Crippen LogP contribution in [0.3, 0.4) is 0 Å². The first-order valence-electron chi connectivity index (χ1n) is 28.0. The number of likely N-dealkylation sites (tertiary alicyclic amines) is 1. The molecule has 2 saturated heterocycles. The van der Waals surface area contributed by atoms with Gasteiger partial charge < -0.3 is 62.3 Å².